The summed E-state index contributed by atoms with van der Waals surface area (Å²) in [6, 6.07) is 0. The number of fused-ring (bicyclic) bond motifs is 2. The Morgan fingerprint density at radius 1 is 0.826 bits per heavy atom. The van der Waals surface area contributed by atoms with Gasteiger partial charge in [-0.25, -0.2) is 0 Å². The molecule has 0 aromatic heterocycles. The van der Waals surface area contributed by atoms with Crippen LogP contribution >= 0.6 is 0 Å². The molecule has 0 bridgehead atoms. The smallest absolute Gasteiger partial charge is 0.0467 e. The summed E-state index contributed by atoms with van der Waals surface area (Å²) in [5.41, 5.74) is 0.434. The Morgan fingerprint density at radius 2 is 1.39 bits per heavy atom. The first-order valence-electron chi connectivity index (χ1n) is 9.35. The molecule has 0 aliphatic heterocycles. The average Bonchev–Trinajstić information content (AvgIpc) is 3.33. The highest BCUT2D eigenvalue weighted by molar-refractivity contribution is 5.13. The van der Waals surface area contributed by atoms with Crippen molar-refractivity contribution in [3.63, 3.8) is 0 Å². The van der Waals surface area contributed by atoms with Gasteiger partial charge in [-0.3, -0.25) is 0 Å². The Balaban J connectivity index is 0.000000136. The SMILES string of the molecule is C[C@]12CCC#CCC[C@H]1[C@H]2CO.OCC1[C@H]2CCC#CCC[C@@H]12. The standard InChI is InChI=1S/C11H16O.C10H14O/c1-11-7-5-3-2-4-6-9(11)10(11)8-12;11-7-10-8-5-3-1-2-4-6-9(8)10/h9-10,12H,4-8H2,1H3;8-11H,3-7H2/t9-,10+,11-;8-,9+,10?/m0./s1. The van der Waals surface area contributed by atoms with Gasteiger partial charge in [0.25, 0.3) is 0 Å². The topological polar surface area (TPSA) is 40.5 Å². The van der Waals surface area contributed by atoms with E-state index >= 15 is 0 Å². The van der Waals surface area contributed by atoms with E-state index in [1.165, 1.54) is 25.7 Å². The second-order valence-electron chi connectivity index (χ2n) is 7.90. The molecule has 0 aromatic rings. The van der Waals surface area contributed by atoms with Gasteiger partial charge in [0.05, 0.1) is 0 Å². The predicted octanol–water partition coefficient (Wildman–Crippen LogP) is 3.23. The highest BCUT2D eigenvalue weighted by atomic mass is 16.3. The van der Waals surface area contributed by atoms with E-state index in [1.807, 2.05) is 0 Å². The maximum absolute atomic E-state index is 9.14. The van der Waals surface area contributed by atoms with Crippen LogP contribution in [0.2, 0.25) is 0 Å². The maximum atomic E-state index is 9.14. The van der Waals surface area contributed by atoms with Crippen molar-refractivity contribution in [3.05, 3.63) is 0 Å². The highest BCUT2D eigenvalue weighted by Gasteiger charge is 2.59. The van der Waals surface area contributed by atoms with Crippen LogP contribution in [0.5, 0.6) is 0 Å². The van der Waals surface area contributed by atoms with E-state index in [0.717, 1.165) is 43.4 Å². The fraction of sp³-hybridized carbons (Fsp3) is 0.810. The molecule has 6 atom stereocenters. The Hall–Kier alpha value is -0.960. The van der Waals surface area contributed by atoms with E-state index in [4.69, 9.17) is 10.2 Å². The lowest BCUT2D eigenvalue weighted by Gasteiger charge is -2.09. The molecule has 4 rings (SSSR count). The molecule has 0 saturated heterocycles. The van der Waals surface area contributed by atoms with Gasteiger partial charge in [0.1, 0.15) is 0 Å². The lowest BCUT2D eigenvalue weighted by atomic mass is 9.95. The minimum atomic E-state index is 0.376. The zero-order valence-electron chi connectivity index (χ0n) is 14.4. The van der Waals surface area contributed by atoms with Crippen molar-refractivity contribution in [2.24, 2.45) is 35.0 Å². The molecule has 1 unspecified atom stereocenters. The second kappa shape index (κ2) is 7.29. The third kappa shape index (κ3) is 3.60. The van der Waals surface area contributed by atoms with E-state index in [2.05, 4.69) is 30.6 Å². The molecule has 2 heteroatoms. The molecule has 126 valence electrons. The average molecular weight is 314 g/mol. The van der Waals surface area contributed by atoms with Crippen molar-refractivity contribution in [2.45, 2.75) is 58.3 Å². The molecular weight excluding hydrogens is 284 g/mol. The van der Waals surface area contributed by atoms with Gasteiger partial charge in [-0.1, -0.05) is 6.92 Å². The normalized spacial score (nSPS) is 43.0. The van der Waals surface area contributed by atoms with E-state index in [-0.39, 0.29) is 0 Å². The summed E-state index contributed by atoms with van der Waals surface area (Å²) in [4.78, 5) is 0. The number of hydrogen-bond acceptors (Lipinski definition) is 2. The summed E-state index contributed by atoms with van der Waals surface area (Å²) in [6.07, 6.45) is 9.02. The van der Waals surface area contributed by atoms with Crippen molar-refractivity contribution in [1.82, 2.24) is 0 Å². The molecule has 2 saturated carbocycles. The fourth-order valence-electron chi connectivity index (χ4n) is 5.04. The third-order valence-corrected chi connectivity index (χ3v) is 6.81. The molecule has 0 aromatic carbocycles. The minimum absolute atomic E-state index is 0.376. The number of aliphatic hydroxyl groups is 2. The van der Waals surface area contributed by atoms with Gasteiger partial charge < -0.3 is 10.2 Å². The van der Waals surface area contributed by atoms with Crippen LogP contribution in [-0.2, 0) is 0 Å². The third-order valence-electron chi connectivity index (χ3n) is 6.81. The Labute approximate surface area is 141 Å². The number of rotatable bonds is 2. The van der Waals surface area contributed by atoms with Crippen molar-refractivity contribution < 1.29 is 10.2 Å². The van der Waals surface area contributed by atoms with E-state index in [0.29, 0.717) is 30.5 Å². The van der Waals surface area contributed by atoms with Gasteiger partial charge in [-0.15, -0.1) is 23.7 Å². The van der Waals surface area contributed by atoms with Crippen LogP contribution in [0.4, 0.5) is 0 Å². The molecule has 0 heterocycles. The molecule has 0 spiro atoms. The monoisotopic (exact) mass is 314 g/mol. The largest absolute Gasteiger partial charge is 0.396 e. The Bertz CT molecular complexity index is 514. The van der Waals surface area contributed by atoms with Crippen molar-refractivity contribution in [3.8, 4) is 23.7 Å². The summed E-state index contributed by atoms with van der Waals surface area (Å²) in [6.45, 7) is 3.09. The molecule has 0 amide bonds. The number of aliphatic hydroxyl groups excluding tert-OH is 2. The first-order valence-corrected chi connectivity index (χ1v) is 9.35. The highest BCUT2D eigenvalue weighted by Crippen LogP contribution is 2.63. The fourth-order valence-corrected chi connectivity index (χ4v) is 5.04. The Kier molecular flexibility index (Phi) is 5.35. The van der Waals surface area contributed by atoms with E-state index in [9.17, 15) is 0 Å². The summed E-state index contributed by atoms with van der Waals surface area (Å²) < 4.78 is 0. The van der Waals surface area contributed by atoms with Crippen LogP contribution in [-0.4, -0.2) is 23.4 Å². The summed E-state index contributed by atoms with van der Waals surface area (Å²) in [5.74, 6) is 16.3. The lowest BCUT2D eigenvalue weighted by Crippen LogP contribution is -2.01. The van der Waals surface area contributed by atoms with Gasteiger partial charge in [0, 0.05) is 38.9 Å². The first kappa shape index (κ1) is 16.9. The van der Waals surface area contributed by atoms with Gasteiger partial charge in [0.2, 0.25) is 0 Å². The molecule has 2 fully saturated rings. The van der Waals surface area contributed by atoms with Gasteiger partial charge in [-0.05, 0) is 60.7 Å². The van der Waals surface area contributed by atoms with Crippen LogP contribution in [0.15, 0.2) is 0 Å². The zero-order chi connectivity index (χ0) is 16.3. The second-order valence-corrected chi connectivity index (χ2v) is 7.90. The van der Waals surface area contributed by atoms with Crippen LogP contribution < -0.4 is 0 Å². The molecule has 4 aliphatic rings. The first-order chi connectivity index (χ1) is 11.2. The predicted molar refractivity (Wildman–Crippen MR) is 92.2 cm³/mol. The molecule has 2 N–H and O–H groups in total. The lowest BCUT2D eigenvalue weighted by molar-refractivity contribution is 0.249. The van der Waals surface area contributed by atoms with Gasteiger partial charge in [-0.2, -0.15) is 0 Å². The quantitative estimate of drug-likeness (QED) is 0.768. The van der Waals surface area contributed by atoms with Crippen LogP contribution in [0.1, 0.15) is 58.3 Å². The summed E-state index contributed by atoms with van der Waals surface area (Å²) >= 11 is 0. The number of hydrogen-bond donors (Lipinski definition) is 2. The van der Waals surface area contributed by atoms with E-state index < -0.39 is 0 Å². The minimum Gasteiger partial charge on any atom is -0.396 e. The van der Waals surface area contributed by atoms with Crippen LogP contribution in [0.25, 0.3) is 0 Å². The summed E-state index contributed by atoms with van der Waals surface area (Å²) in [7, 11) is 0. The van der Waals surface area contributed by atoms with Crippen molar-refractivity contribution in [1.29, 1.82) is 0 Å². The van der Waals surface area contributed by atoms with Crippen LogP contribution in [0, 0.1) is 58.7 Å². The molecule has 2 nitrogen and oxygen atoms in total. The summed E-state index contributed by atoms with van der Waals surface area (Å²) in [5, 5.41) is 18.1. The molecule has 23 heavy (non-hydrogen) atoms. The van der Waals surface area contributed by atoms with E-state index in [1.54, 1.807) is 0 Å². The van der Waals surface area contributed by atoms with Crippen molar-refractivity contribution >= 4 is 0 Å². The Morgan fingerprint density at radius 3 is 1.96 bits per heavy atom. The van der Waals surface area contributed by atoms with Gasteiger partial charge in [0.15, 0.2) is 0 Å². The van der Waals surface area contributed by atoms with Gasteiger partial charge >= 0.3 is 0 Å². The maximum Gasteiger partial charge on any atom is 0.0467 e. The zero-order valence-corrected chi connectivity index (χ0v) is 14.4. The van der Waals surface area contributed by atoms with Crippen molar-refractivity contribution in [2.75, 3.05) is 13.2 Å². The molecule has 4 aliphatic carbocycles. The molecular formula is C21H30O2. The molecule has 0 radical (unpaired) electrons. The van der Waals surface area contributed by atoms with Crippen LogP contribution in [0.3, 0.4) is 0 Å².